The van der Waals surface area contributed by atoms with Crippen LogP contribution in [-0.4, -0.2) is 39.1 Å². The van der Waals surface area contributed by atoms with Gasteiger partial charge in [-0.05, 0) is 36.7 Å². The number of nitrogens with zero attached hydrogens (tertiary/aromatic N) is 2. The Morgan fingerprint density at radius 2 is 2.16 bits per heavy atom. The van der Waals surface area contributed by atoms with Crippen molar-refractivity contribution in [2.24, 2.45) is 0 Å². The van der Waals surface area contributed by atoms with E-state index in [9.17, 15) is 9.59 Å². The molecule has 0 saturated heterocycles. The Hall–Kier alpha value is -1.15. The second-order valence-corrected chi connectivity index (χ2v) is 7.28. The quantitative estimate of drug-likeness (QED) is 0.875. The molecular formula is C11H16BrN3O3S. The van der Waals surface area contributed by atoms with Gasteiger partial charge in [-0.2, -0.15) is 0 Å². The van der Waals surface area contributed by atoms with Crippen molar-refractivity contribution in [3.05, 3.63) is 9.98 Å². The summed E-state index contributed by atoms with van der Waals surface area (Å²) in [6.07, 6.45) is 1.51. The number of nitrogens with one attached hydrogen (secondary N) is 1. The van der Waals surface area contributed by atoms with E-state index in [4.69, 9.17) is 5.11 Å². The summed E-state index contributed by atoms with van der Waals surface area (Å²) in [6.45, 7) is 5.71. The molecule has 2 N–H and O–H groups in total. The molecule has 8 heteroatoms. The summed E-state index contributed by atoms with van der Waals surface area (Å²) in [4.78, 5) is 28.3. The molecule has 0 aliphatic rings. The van der Waals surface area contributed by atoms with Gasteiger partial charge in [0.1, 0.15) is 0 Å². The molecule has 0 radical (unpaired) electrons. The Morgan fingerprint density at radius 3 is 2.58 bits per heavy atom. The molecule has 2 amide bonds. The first-order chi connectivity index (χ1) is 8.70. The van der Waals surface area contributed by atoms with Crippen LogP contribution in [0.25, 0.3) is 0 Å². The molecule has 1 rings (SSSR count). The Bertz CT molecular complexity index is 470. The molecule has 106 valence electrons. The van der Waals surface area contributed by atoms with Gasteiger partial charge in [0, 0.05) is 12.1 Å². The molecule has 0 aliphatic carbocycles. The van der Waals surface area contributed by atoms with Crippen LogP contribution in [0.15, 0.2) is 9.98 Å². The van der Waals surface area contributed by atoms with Crippen molar-refractivity contribution in [1.82, 2.24) is 9.88 Å². The molecule has 0 aliphatic heterocycles. The number of carbonyl (C=O) groups is 2. The number of carboxylic acids is 1. The first-order valence-corrected chi connectivity index (χ1v) is 7.23. The maximum Gasteiger partial charge on any atom is 0.324 e. The molecule has 0 atom stereocenters. The van der Waals surface area contributed by atoms with Crippen LogP contribution in [0.4, 0.5) is 9.93 Å². The van der Waals surface area contributed by atoms with E-state index in [0.29, 0.717) is 5.13 Å². The zero-order valence-corrected chi connectivity index (χ0v) is 13.3. The Kier molecular flexibility index (Phi) is 5.30. The highest BCUT2D eigenvalue weighted by Crippen LogP contribution is 2.24. The highest BCUT2D eigenvalue weighted by molar-refractivity contribution is 9.11. The van der Waals surface area contributed by atoms with E-state index in [1.807, 2.05) is 20.8 Å². The fraction of sp³-hybridized carbons (Fsp3) is 0.545. The predicted octanol–water partition coefficient (Wildman–Crippen LogP) is 3.01. The van der Waals surface area contributed by atoms with Gasteiger partial charge in [0.15, 0.2) is 5.13 Å². The van der Waals surface area contributed by atoms with Crippen molar-refractivity contribution in [1.29, 1.82) is 0 Å². The van der Waals surface area contributed by atoms with Crippen LogP contribution in [0.2, 0.25) is 0 Å². The van der Waals surface area contributed by atoms with Crippen LogP contribution in [0, 0.1) is 0 Å². The molecule has 0 aromatic carbocycles. The lowest BCUT2D eigenvalue weighted by Gasteiger charge is -2.35. The number of aromatic nitrogens is 1. The molecule has 6 nitrogen and oxygen atoms in total. The number of hydrogen-bond acceptors (Lipinski definition) is 4. The largest absolute Gasteiger partial charge is 0.481 e. The zero-order chi connectivity index (χ0) is 14.6. The van der Waals surface area contributed by atoms with Crippen LogP contribution in [0.5, 0.6) is 0 Å². The highest BCUT2D eigenvalue weighted by atomic mass is 79.9. The SMILES string of the molecule is CC(C)(C)N(CCC(=O)O)C(=O)Nc1ncc(Br)s1. The van der Waals surface area contributed by atoms with Gasteiger partial charge in [0.05, 0.1) is 16.4 Å². The van der Waals surface area contributed by atoms with Gasteiger partial charge >= 0.3 is 12.0 Å². The number of carboxylic acid groups (broad SMARTS) is 1. The Morgan fingerprint density at radius 1 is 1.53 bits per heavy atom. The van der Waals surface area contributed by atoms with Gasteiger partial charge in [0.2, 0.25) is 0 Å². The number of rotatable bonds is 4. The van der Waals surface area contributed by atoms with Gasteiger partial charge in [-0.25, -0.2) is 9.78 Å². The van der Waals surface area contributed by atoms with Gasteiger partial charge in [-0.3, -0.25) is 10.1 Å². The minimum absolute atomic E-state index is 0.0910. The first kappa shape index (κ1) is 15.9. The van der Waals surface area contributed by atoms with Crippen LogP contribution in [0.1, 0.15) is 27.2 Å². The summed E-state index contributed by atoms with van der Waals surface area (Å²) < 4.78 is 0.815. The van der Waals surface area contributed by atoms with E-state index in [-0.39, 0.29) is 19.0 Å². The zero-order valence-electron chi connectivity index (χ0n) is 10.9. The fourth-order valence-electron chi connectivity index (χ4n) is 1.42. The van der Waals surface area contributed by atoms with E-state index in [1.54, 1.807) is 6.20 Å². The average molecular weight is 350 g/mol. The van der Waals surface area contributed by atoms with Crippen LogP contribution in [0.3, 0.4) is 0 Å². The topological polar surface area (TPSA) is 82.5 Å². The van der Waals surface area contributed by atoms with E-state index in [0.717, 1.165) is 3.79 Å². The molecule has 0 spiro atoms. The maximum absolute atomic E-state index is 12.2. The molecule has 1 aromatic heterocycles. The number of urea groups is 1. The number of anilines is 1. The minimum atomic E-state index is -0.931. The lowest BCUT2D eigenvalue weighted by Crippen LogP contribution is -2.48. The lowest BCUT2D eigenvalue weighted by atomic mass is 10.1. The van der Waals surface area contributed by atoms with Gasteiger partial charge < -0.3 is 10.0 Å². The van der Waals surface area contributed by atoms with Crippen molar-refractivity contribution >= 4 is 44.4 Å². The van der Waals surface area contributed by atoms with E-state index < -0.39 is 11.5 Å². The molecule has 0 unspecified atom stereocenters. The fourth-order valence-corrected chi connectivity index (χ4v) is 2.52. The van der Waals surface area contributed by atoms with E-state index in [2.05, 4.69) is 26.2 Å². The second kappa shape index (κ2) is 6.33. The summed E-state index contributed by atoms with van der Waals surface area (Å²) >= 11 is 4.56. The van der Waals surface area contributed by atoms with Crippen LogP contribution < -0.4 is 5.32 Å². The van der Waals surface area contributed by atoms with Crippen LogP contribution in [-0.2, 0) is 4.79 Å². The Balaban J connectivity index is 2.74. The second-order valence-electron chi connectivity index (χ2n) is 4.87. The molecule has 19 heavy (non-hydrogen) atoms. The molecule has 0 bridgehead atoms. The van der Waals surface area contributed by atoms with Crippen LogP contribution >= 0.6 is 27.3 Å². The Labute approximate surface area is 124 Å². The number of thiazole rings is 1. The normalized spacial score (nSPS) is 11.2. The third-order valence-electron chi connectivity index (χ3n) is 2.30. The van der Waals surface area contributed by atoms with Crippen molar-refractivity contribution < 1.29 is 14.7 Å². The molecule has 0 fully saturated rings. The smallest absolute Gasteiger partial charge is 0.324 e. The van der Waals surface area contributed by atoms with Crippen molar-refractivity contribution in [3.8, 4) is 0 Å². The minimum Gasteiger partial charge on any atom is -0.481 e. The highest BCUT2D eigenvalue weighted by Gasteiger charge is 2.27. The predicted molar refractivity (Wildman–Crippen MR) is 77.5 cm³/mol. The average Bonchev–Trinajstić information content (AvgIpc) is 2.61. The number of hydrogen-bond donors (Lipinski definition) is 2. The summed E-state index contributed by atoms with van der Waals surface area (Å²) in [5.74, 6) is -0.931. The number of amides is 2. The number of carbonyl (C=O) groups excluding carboxylic acids is 1. The molecular weight excluding hydrogens is 334 g/mol. The first-order valence-electron chi connectivity index (χ1n) is 5.62. The maximum atomic E-state index is 12.2. The van der Waals surface area contributed by atoms with Gasteiger partial charge in [-0.15, -0.1) is 0 Å². The number of halogens is 1. The van der Waals surface area contributed by atoms with Gasteiger partial charge in [0.25, 0.3) is 0 Å². The molecule has 1 aromatic rings. The van der Waals surface area contributed by atoms with Gasteiger partial charge in [-0.1, -0.05) is 11.3 Å². The summed E-state index contributed by atoms with van der Waals surface area (Å²) in [6, 6.07) is -0.351. The number of aliphatic carboxylic acids is 1. The van der Waals surface area contributed by atoms with E-state index in [1.165, 1.54) is 16.2 Å². The summed E-state index contributed by atoms with van der Waals surface area (Å²) in [5.41, 5.74) is -0.464. The van der Waals surface area contributed by atoms with Crippen molar-refractivity contribution in [3.63, 3.8) is 0 Å². The lowest BCUT2D eigenvalue weighted by molar-refractivity contribution is -0.137. The van der Waals surface area contributed by atoms with Crippen molar-refractivity contribution in [2.45, 2.75) is 32.7 Å². The summed E-state index contributed by atoms with van der Waals surface area (Å²) in [5, 5.41) is 11.9. The molecule has 1 heterocycles. The monoisotopic (exact) mass is 349 g/mol. The van der Waals surface area contributed by atoms with Crippen molar-refractivity contribution in [2.75, 3.05) is 11.9 Å². The third kappa shape index (κ3) is 5.15. The summed E-state index contributed by atoms with van der Waals surface area (Å²) in [7, 11) is 0. The third-order valence-corrected chi connectivity index (χ3v) is 3.69. The standard InChI is InChI=1S/C11H16BrN3O3S/c1-11(2,3)15(5-4-8(16)17)10(18)14-9-13-6-7(12)19-9/h6H,4-5H2,1-3H3,(H,16,17)(H,13,14,18). The van der Waals surface area contributed by atoms with E-state index >= 15 is 0 Å². The molecule has 0 saturated carbocycles.